The van der Waals surface area contributed by atoms with Crippen LogP contribution in [0.4, 0.5) is 0 Å². The van der Waals surface area contributed by atoms with E-state index in [-0.39, 0.29) is 11.5 Å². The largest absolute Gasteiger partial charge is 0.330 e. The molecule has 0 N–H and O–H groups in total. The van der Waals surface area contributed by atoms with Crippen molar-refractivity contribution in [3.8, 4) is 0 Å². The highest BCUT2D eigenvalue weighted by molar-refractivity contribution is 7.91. The molecule has 1 rings (SSSR count). The monoisotopic (exact) mass is 256 g/mol. The highest BCUT2D eigenvalue weighted by atomic mass is 32.2. The van der Waals surface area contributed by atoms with E-state index >= 15 is 0 Å². The minimum Gasteiger partial charge on any atom is -0.330 e. The molecule has 0 aromatic heterocycles. The molecule has 3 nitrogen and oxygen atoms in total. The van der Waals surface area contributed by atoms with Gasteiger partial charge in [0.1, 0.15) is 0 Å². The van der Waals surface area contributed by atoms with Crippen LogP contribution < -0.4 is 0 Å². The molecular formula is C13H22NO2S+. The van der Waals surface area contributed by atoms with Crippen molar-refractivity contribution in [2.75, 3.05) is 39.2 Å². The fourth-order valence-corrected chi connectivity index (χ4v) is 3.01. The number of hydrogen-bond acceptors (Lipinski definition) is 2. The van der Waals surface area contributed by atoms with E-state index in [9.17, 15) is 8.42 Å². The van der Waals surface area contributed by atoms with Gasteiger partial charge in [-0.3, -0.25) is 0 Å². The summed E-state index contributed by atoms with van der Waals surface area (Å²) in [7, 11) is 3.09. The number of aryl methyl sites for hydroxylation is 1. The summed E-state index contributed by atoms with van der Waals surface area (Å²) in [5.74, 6) is 0.514. The van der Waals surface area contributed by atoms with E-state index in [2.05, 4.69) is 0 Å². The molecule has 0 aliphatic carbocycles. The zero-order chi connectivity index (χ0) is 12.9. The fourth-order valence-electron chi connectivity index (χ4n) is 1.43. The van der Waals surface area contributed by atoms with Gasteiger partial charge in [-0.05, 0) is 12.0 Å². The number of hydrogen-bond donors (Lipinski definition) is 0. The van der Waals surface area contributed by atoms with Gasteiger partial charge in [0.15, 0.2) is 9.84 Å². The van der Waals surface area contributed by atoms with Gasteiger partial charge < -0.3 is 4.48 Å². The van der Waals surface area contributed by atoms with Crippen LogP contribution in [0.25, 0.3) is 0 Å². The summed E-state index contributed by atoms with van der Waals surface area (Å²) in [4.78, 5) is 0. The molecule has 0 amide bonds. The molecule has 0 heterocycles. The molecule has 0 radical (unpaired) electrons. The van der Waals surface area contributed by atoms with Gasteiger partial charge in [0.05, 0.1) is 39.2 Å². The van der Waals surface area contributed by atoms with Crippen LogP contribution in [0.2, 0.25) is 0 Å². The zero-order valence-corrected chi connectivity index (χ0v) is 11.7. The van der Waals surface area contributed by atoms with Gasteiger partial charge in [0.25, 0.3) is 0 Å². The molecule has 0 aliphatic rings. The first-order valence-corrected chi connectivity index (χ1v) is 7.65. The Morgan fingerprint density at radius 1 is 1.00 bits per heavy atom. The highest BCUT2D eigenvalue weighted by Crippen LogP contribution is 2.03. The smallest absolute Gasteiger partial charge is 0.156 e. The van der Waals surface area contributed by atoms with Gasteiger partial charge in [0, 0.05) is 0 Å². The second-order valence-electron chi connectivity index (χ2n) is 5.40. The Kier molecular flexibility index (Phi) is 4.71. The van der Waals surface area contributed by atoms with Crippen molar-refractivity contribution in [2.24, 2.45) is 0 Å². The third-order valence-electron chi connectivity index (χ3n) is 2.62. The lowest BCUT2D eigenvalue weighted by Gasteiger charge is -2.23. The zero-order valence-electron chi connectivity index (χ0n) is 10.9. The van der Waals surface area contributed by atoms with Crippen LogP contribution in [0.1, 0.15) is 5.56 Å². The van der Waals surface area contributed by atoms with Gasteiger partial charge in [-0.1, -0.05) is 30.3 Å². The van der Waals surface area contributed by atoms with Gasteiger partial charge in [-0.15, -0.1) is 0 Å². The van der Waals surface area contributed by atoms with Crippen LogP contribution in [0.15, 0.2) is 30.3 Å². The quantitative estimate of drug-likeness (QED) is 0.720. The van der Waals surface area contributed by atoms with Crippen molar-refractivity contribution >= 4 is 9.84 Å². The van der Waals surface area contributed by atoms with E-state index in [0.29, 0.717) is 17.4 Å². The van der Waals surface area contributed by atoms with Crippen LogP contribution in [-0.4, -0.2) is 52.1 Å². The second-order valence-corrected chi connectivity index (χ2v) is 7.70. The first-order chi connectivity index (χ1) is 7.79. The van der Waals surface area contributed by atoms with Crippen LogP contribution in [0, 0.1) is 0 Å². The van der Waals surface area contributed by atoms with Crippen molar-refractivity contribution in [1.82, 2.24) is 0 Å². The number of benzene rings is 1. The van der Waals surface area contributed by atoms with Gasteiger partial charge in [-0.25, -0.2) is 8.42 Å². The molecule has 0 aliphatic heterocycles. The third kappa shape index (κ3) is 6.44. The molecule has 1 aromatic carbocycles. The molecule has 17 heavy (non-hydrogen) atoms. The minimum absolute atomic E-state index is 0.247. The maximum atomic E-state index is 11.8. The summed E-state index contributed by atoms with van der Waals surface area (Å²) in [6.07, 6.45) is 0.611. The van der Waals surface area contributed by atoms with Crippen molar-refractivity contribution < 1.29 is 12.9 Å². The lowest BCUT2D eigenvalue weighted by molar-refractivity contribution is -0.867. The van der Waals surface area contributed by atoms with Crippen molar-refractivity contribution in [1.29, 1.82) is 0 Å². The van der Waals surface area contributed by atoms with Gasteiger partial charge in [-0.2, -0.15) is 0 Å². The first-order valence-electron chi connectivity index (χ1n) is 5.83. The van der Waals surface area contributed by atoms with E-state index in [4.69, 9.17) is 0 Å². The molecule has 4 heteroatoms. The van der Waals surface area contributed by atoms with E-state index in [1.807, 2.05) is 51.5 Å². The van der Waals surface area contributed by atoms with Crippen LogP contribution >= 0.6 is 0 Å². The molecule has 0 saturated carbocycles. The Morgan fingerprint density at radius 2 is 1.59 bits per heavy atom. The lowest BCUT2D eigenvalue weighted by Crippen LogP contribution is -2.39. The lowest BCUT2D eigenvalue weighted by atomic mass is 10.2. The molecule has 96 valence electrons. The normalized spacial score (nSPS) is 12.6. The summed E-state index contributed by atoms with van der Waals surface area (Å²) >= 11 is 0. The Hall–Kier alpha value is -0.870. The predicted molar refractivity (Wildman–Crippen MR) is 71.7 cm³/mol. The van der Waals surface area contributed by atoms with Gasteiger partial charge >= 0.3 is 0 Å². The number of sulfone groups is 1. The maximum absolute atomic E-state index is 11.8. The minimum atomic E-state index is -2.93. The number of nitrogens with zero attached hydrogens (tertiary/aromatic N) is 1. The van der Waals surface area contributed by atoms with Crippen molar-refractivity contribution in [2.45, 2.75) is 6.42 Å². The standard InChI is InChI=1S/C13H22NO2S/c1-14(2,3)10-12-17(15,16)11-9-13-7-5-4-6-8-13/h4-8H,9-12H2,1-3H3/q+1. The Balaban J connectivity index is 2.46. The van der Waals surface area contributed by atoms with E-state index < -0.39 is 9.84 Å². The molecule has 0 bridgehead atoms. The Labute approximate surface area is 105 Å². The van der Waals surface area contributed by atoms with Crippen LogP contribution in [0.5, 0.6) is 0 Å². The van der Waals surface area contributed by atoms with Crippen LogP contribution in [0.3, 0.4) is 0 Å². The molecule has 0 unspecified atom stereocenters. The maximum Gasteiger partial charge on any atom is 0.156 e. The Morgan fingerprint density at radius 3 is 2.12 bits per heavy atom. The van der Waals surface area contributed by atoms with Crippen molar-refractivity contribution in [3.63, 3.8) is 0 Å². The van der Waals surface area contributed by atoms with E-state index in [1.54, 1.807) is 0 Å². The number of quaternary nitrogens is 1. The molecule has 0 fully saturated rings. The highest BCUT2D eigenvalue weighted by Gasteiger charge is 2.16. The summed E-state index contributed by atoms with van der Waals surface area (Å²) in [6.45, 7) is 0.664. The van der Waals surface area contributed by atoms with E-state index in [1.165, 1.54) is 0 Å². The summed E-state index contributed by atoms with van der Waals surface area (Å²) in [6, 6.07) is 9.75. The predicted octanol–water partition coefficient (Wildman–Crippen LogP) is 1.35. The molecule has 1 aromatic rings. The molecular weight excluding hydrogens is 234 g/mol. The molecule has 0 spiro atoms. The topological polar surface area (TPSA) is 34.1 Å². The first kappa shape index (κ1) is 14.2. The summed E-state index contributed by atoms with van der Waals surface area (Å²) in [5, 5.41) is 0. The SMILES string of the molecule is C[N+](C)(C)CCS(=O)(=O)CCc1ccccc1. The average molecular weight is 256 g/mol. The second kappa shape index (κ2) is 5.65. The van der Waals surface area contributed by atoms with Gasteiger partial charge in [0.2, 0.25) is 0 Å². The molecule has 0 atom stereocenters. The third-order valence-corrected chi connectivity index (χ3v) is 4.25. The van der Waals surface area contributed by atoms with Crippen LogP contribution in [-0.2, 0) is 16.3 Å². The van der Waals surface area contributed by atoms with E-state index in [0.717, 1.165) is 5.56 Å². The molecule has 0 saturated heterocycles. The number of rotatable bonds is 6. The fraction of sp³-hybridized carbons (Fsp3) is 0.538. The summed E-state index contributed by atoms with van der Waals surface area (Å²) in [5.41, 5.74) is 1.08. The summed E-state index contributed by atoms with van der Waals surface area (Å²) < 4.78 is 24.4. The Bertz CT molecular complexity index is 432. The average Bonchev–Trinajstić information content (AvgIpc) is 2.25. The van der Waals surface area contributed by atoms with Crippen molar-refractivity contribution in [3.05, 3.63) is 35.9 Å².